The monoisotopic (exact) mass is 576 g/mol. The first-order valence-corrected chi connectivity index (χ1v) is 14.2. The van der Waals surface area contributed by atoms with Crippen molar-refractivity contribution in [2.75, 3.05) is 19.5 Å². The molecular weight excluding hydrogens is 536 g/mol. The molecule has 0 bridgehead atoms. The number of pyridine rings is 1. The number of carboxylic acid groups (broad SMARTS) is 2. The van der Waals surface area contributed by atoms with Crippen molar-refractivity contribution in [1.29, 1.82) is 0 Å². The van der Waals surface area contributed by atoms with Gasteiger partial charge in [0.1, 0.15) is 23.8 Å². The number of hydrogen-bond acceptors (Lipinski definition) is 7. The second-order valence-corrected chi connectivity index (χ2v) is 10.0. The van der Waals surface area contributed by atoms with E-state index >= 15 is 0 Å². The summed E-state index contributed by atoms with van der Waals surface area (Å²) < 4.78 is 17.0. The third kappa shape index (κ3) is 11.9. The van der Waals surface area contributed by atoms with Gasteiger partial charge in [0.05, 0.1) is 26.6 Å². The minimum Gasteiger partial charge on any atom is -0.497 e. The number of methoxy groups -OCH3 is 1. The Bertz CT molecular complexity index is 1320. The zero-order chi connectivity index (χ0) is 30.2. The van der Waals surface area contributed by atoms with Gasteiger partial charge in [-0.2, -0.15) is 0 Å². The van der Waals surface area contributed by atoms with Crippen LogP contribution in [0.5, 0.6) is 17.4 Å². The van der Waals surface area contributed by atoms with Crippen molar-refractivity contribution in [2.45, 2.75) is 64.4 Å². The summed E-state index contributed by atoms with van der Waals surface area (Å²) in [5.74, 6) is -0.120. The van der Waals surface area contributed by atoms with Crippen molar-refractivity contribution in [3.05, 3.63) is 83.1 Å². The number of ether oxygens (including phenoxy) is 3. The lowest BCUT2D eigenvalue weighted by atomic mass is 10.0. The molecule has 1 aromatic heterocycles. The van der Waals surface area contributed by atoms with Crippen LogP contribution in [0.15, 0.2) is 60.7 Å². The molecule has 42 heavy (non-hydrogen) atoms. The number of nitrogen functional groups attached to an aromatic ring is 1. The molecule has 9 nitrogen and oxygen atoms in total. The Labute approximate surface area is 247 Å². The Hall–Kier alpha value is -4.53. The van der Waals surface area contributed by atoms with Crippen LogP contribution >= 0.6 is 0 Å². The van der Waals surface area contributed by atoms with Crippen LogP contribution in [0.2, 0.25) is 0 Å². The smallest absolute Gasteiger partial charge is 0.307 e. The Morgan fingerprint density at radius 2 is 1.55 bits per heavy atom. The van der Waals surface area contributed by atoms with Crippen molar-refractivity contribution in [2.24, 2.45) is 0 Å². The van der Waals surface area contributed by atoms with Crippen LogP contribution in [-0.2, 0) is 29.0 Å². The van der Waals surface area contributed by atoms with Crippen LogP contribution in [0.1, 0.15) is 67.3 Å². The summed E-state index contributed by atoms with van der Waals surface area (Å²) in [4.78, 5) is 26.5. The van der Waals surface area contributed by atoms with E-state index in [0.717, 1.165) is 43.4 Å². The van der Waals surface area contributed by atoms with Gasteiger partial charge in [-0.1, -0.05) is 50.0 Å². The second kappa shape index (κ2) is 17.3. The number of aliphatic carboxylic acids is 2. The summed E-state index contributed by atoms with van der Waals surface area (Å²) in [5.41, 5.74) is 9.48. The van der Waals surface area contributed by atoms with Crippen molar-refractivity contribution >= 4 is 23.7 Å². The molecule has 0 saturated carbocycles. The summed E-state index contributed by atoms with van der Waals surface area (Å²) in [6.45, 7) is 0.673. The van der Waals surface area contributed by atoms with Gasteiger partial charge in [-0.15, -0.1) is 0 Å². The highest BCUT2D eigenvalue weighted by atomic mass is 16.5. The van der Waals surface area contributed by atoms with Gasteiger partial charge in [0.15, 0.2) is 0 Å². The largest absolute Gasteiger partial charge is 0.497 e. The Kier molecular flexibility index (Phi) is 13.2. The molecule has 3 rings (SSSR count). The summed E-state index contributed by atoms with van der Waals surface area (Å²) in [7, 11) is 1.68. The third-order valence-electron chi connectivity index (χ3n) is 6.52. The highest BCUT2D eigenvalue weighted by Crippen LogP contribution is 2.24. The van der Waals surface area contributed by atoms with Crippen molar-refractivity contribution < 1.29 is 34.0 Å². The van der Waals surface area contributed by atoms with Gasteiger partial charge in [0, 0.05) is 11.8 Å². The van der Waals surface area contributed by atoms with E-state index in [4.69, 9.17) is 30.2 Å². The molecule has 1 heterocycles. The van der Waals surface area contributed by atoms with Gasteiger partial charge >= 0.3 is 11.9 Å². The van der Waals surface area contributed by atoms with Gasteiger partial charge in [-0.05, 0) is 72.4 Å². The van der Waals surface area contributed by atoms with Crippen LogP contribution in [0.25, 0.3) is 6.08 Å². The lowest BCUT2D eigenvalue weighted by Gasteiger charge is -2.12. The molecular formula is C33H40N2O7. The number of aromatic nitrogens is 1. The minimum atomic E-state index is -0.941. The molecule has 0 fully saturated rings. The molecule has 4 N–H and O–H groups in total. The fraction of sp³-hybridized carbons (Fsp3) is 0.364. The fourth-order valence-corrected chi connectivity index (χ4v) is 4.46. The highest BCUT2D eigenvalue weighted by molar-refractivity contribution is 5.71. The van der Waals surface area contributed by atoms with Crippen LogP contribution in [0, 0.1) is 0 Å². The number of carbonyl (C=O) groups is 2. The number of carboxylic acids is 2. The average molecular weight is 577 g/mol. The summed E-state index contributed by atoms with van der Waals surface area (Å²) in [6.07, 6.45) is 10.6. The van der Waals surface area contributed by atoms with E-state index in [9.17, 15) is 9.59 Å². The first-order valence-electron chi connectivity index (χ1n) is 14.2. The molecule has 0 atom stereocenters. The molecule has 3 aromatic rings. The summed E-state index contributed by atoms with van der Waals surface area (Å²) in [5, 5.41) is 18.1. The molecule has 9 heteroatoms. The molecule has 2 aromatic carbocycles. The van der Waals surface area contributed by atoms with Gasteiger partial charge in [-0.25, -0.2) is 4.98 Å². The fourth-order valence-electron chi connectivity index (χ4n) is 4.46. The van der Waals surface area contributed by atoms with Gasteiger partial charge in [-0.3, -0.25) is 9.59 Å². The molecule has 0 aliphatic carbocycles. The molecule has 0 radical (unpaired) electrons. The lowest BCUT2D eigenvalue weighted by molar-refractivity contribution is -0.137. The van der Waals surface area contributed by atoms with E-state index in [1.807, 2.05) is 12.1 Å². The average Bonchev–Trinajstić information content (AvgIpc) is 2.95. The summed E-state index contributed by atoms with van der Waals surface area (Å²) >= 11 is 0. The molecule has 0 aliphatic heterocycles. The summed E-state index contributed by atoms with van der Waals surface area (Å²) in [6, 6.07) is 16.8. The van der Waals surface area contributed by atoms with E-state index in [0.29, 0.717) is 35.2 Å². The molecule has 0 saturated heterocycles. The maximum absolute atomic E-state index is 11.1. The number of anilines is 1. The number of nitrogens with two attached hydrogens (primary N) is 1. The van der Waals surface area contributed by atoms with E-state index in [1.165, 1.54) is 24.5 Å². The van der Waals surface area contributed by atoms with E-state index in [1.54, 1.807) is 43.5 Å². The Balaban J connectivity index is 1.45. The number of aryl methyl sites for hydroxylation is 1. The number of unbranched alkanes of at least 4 members (excludes halogenated alkanes) is 5. The van der Waals surface area contributed by atoms with E-state index < -0.39 is 11.9 Å². The van der Waals surface area contributed by atoms with Gasteiger partial charge < -0.3 is 30.2 Å². The number of benzene rings is 2. The lowest BCUT2D eigenvalue weighted by Crippen LogP contribution is -2.05. The predicted octanol–water partition coefficient (Wildman–Crippen LogP) is 6.33. The van der Waals surface area contributed by atoms with Crippen molar-refractivity contribution in [1.82, 2.24) is 4.98 Å². The number of rotatable bonds is 19. The van der Waals surface area contributed by atoms with Crippen LogP contribution in [-0.4, -0.2) is 40.9 Å². The van der Waals surface area contributed by atoms with Crippen LogP contribution in [0.4, 0.5) is 5.69 Å². The molecule has 0 unspecified atom stereocenters. The molecule has 0 spiro atoms. The quantitative estimate of drug-likeness (QED) is 0.110. The molecule has 224 valence electrons. The highest BCUT2D eigenvalue weighted by Gasteiger charge is 2.09. The second-order valence-electron chi connectivity index (χ2n) is 10.0. The predicted molar refractivity (Wildman–Crippen MR) is 162 cm³/mol. The van der Waals surface area contributed by atoms with Gasteiger partial charge in [0.2, 0.25) is 5.88 Å². The Morgan fingerprint density at radius 1 is 0.833 bits per heavy atom. The maximum atomic E-state index is 11.1. The molecule has 0 amide bonds. The van der Waals surface area contributed by atoms with Crippen molar-refractivity contribution in [3.63, 3.8) is 0 Å². The van der Waals surface area contributed by atoms with Crippen LogP contribution in [0.3, 0.4) is 0 Å². The zero-order valence-electron chi connectivity index (χ0n) is 24.1. The zero-order valence-corrected chi connectivity index (χ0v) is 24.1. The van der Waals surface area contributed by atoms with Crippen LogP contribution < -0.4 is 19.9 Å². The molecule has 0 aliphatic rings. The van der Waals surface area contributed by atoms with Crippen molar-refractivity contribution in [3.8, 4) is 17.4 Å². The third-order valence-corrected chi connectivity index (χ3v) is 6.52. The Morgan fingerprint density at radius 3 is 2.26 bits per heavy atom. The van der Waals surface area contributed by atoms with E-state index in [-0.39, 0.29) is 19.4 Å². The first-order chi connectivity index (χ1) is 20.3. The van der Waals surface area contributed by atoms with E-state index in [2.05, 4.69) is 17.1 Å². The number of nitrogens with zero attached hydrogens (tertiary/aromatic N) is 1. The normalized spacial score (nSPS) is 11.0. The number of hydrogen-bond donors (Lipinski definition) is 3. The maximum Gasteiger partial charge on any atom is 0.307 e. The standard InChI is InChI=1S/C33H40N2O7/c1-40-28-14-12-24(13-15-28)9-6-4-2-3-5-7-18-41-30-16-17-31(35-29(30)10-8-11-32(36)37)42-23-26-19-25(22-33(38)39)20-27(34)21-26/h8,10,12-17,19-21H,2-7,9,11,18,22-23,34H2,1H3,(H,36,37)(H,38,39). The first kappa shape index (κ1) is 32.0. The van der Waals surface area contributed by atoms with Gasteiger partial charge in [0.25, 0.3) is 0 Å². The SMILES string of the molecule is COc1ccc(CCCCCCCCOc2ccc(OCc3cc(N)cc(CC(=O)O)c3)nc2C=CCC(=O)O)cc1. The topological polar surface area (TPSA) is 141 Å². The minimum absolute atomic E-state index is 0.133.